The van der Waals surface area contributed by atoms with Gasteiger partial charge in [0.1, 0.15) is 6.04 Å². The molecular weight excluding hydrogens is 408 g/mol. The molecular formula is C22H23ClN2O3S. The lowest BCUT2D eigenvalue weighted by molar-refractivity contribution is -0.143. The van der Waals surface area contributed by atoms with E-state index < -0.39 is 6.04 Å². The summed E-state index contributed by atoms with van der Waals surface area (Å²) in [6.07, 6.45) is 4.96. The van der Waals surface area contributed by atoms with Crippen molar-refractivity contribution in [1.82, 2.24) is 4.90 Å². The van der Waals surface area contributed by atoms with Crippen LogP contribution in [0.15, 0.2) is 41.8 Å². The molecule has 1 atom stereocenters. The molecule has 1 unspecified atom stereocenters. The van der Waals surface area contributed by atoms with Gasteiger partial charge in [-0.05, 0) is 48.6 Å². The number of rotatable bonds is 5. The Morgan fingerprint density at radius 2 is 1.83 bits per heavy atom. The molecule has 3 amide bonds. The maximum absolute atomic E-state index is 13.4. The Balaban J connectivity index is 1.61. The molecule has 0 spiro atoms. The van der Waals surface area contributed by atoms with Crippen LogP contribution in [-0.4, -0.2) is 28.7 Å². The second-order valence-corrected chi connectivity index (χ2v) is 9.11. The van der Waals surface area contributed by atoms with Gasteiger partial charge in [0.15, 0.2) is 0 Å². The molecule has 0 N–H and O–H groups in total. The number of benzene rings is 1. The molecule has 2 heterocycles. The predicted octanol–water partition coefficient (Wildman–Crippen LogP) is 4.64. The molecule has 152 valence electrons. The Labute approximate surface area is 179 Å². The number of hydrogen-bond acceptors (Lipinski definition) is 4. The molecule has 1 saturated carbocycles. The van der Waals surface area contributed by atoms with E-state index in [9.17, 15) is 14.4 Å². The second kappa shape index (κ2) is 8.67. The first-order valence-corrected chi connectivity index (χ1v) is 11.3. The van der Waals surface area contributed by atoms with E-state index in [-0.39, 0.29) is 30.1 Å². The predicted molar refractivity (Wildman–Crippen MR) is 114 cm³/mol. The fourth-order valence-electron chi connectivity index (χ4n) is 4.22. The van der Waals surface area contributed by atoms with Crippen molar-refractivity contribution in [3.05, 3.63) is 51.7 Å². The molecule has 4 rings (SSSR count). The summed E-state index contributed by atoms with van der Waals surface area (Å²) >= 11 is 7.49. The molecule has 1 aliphatic heterocycles. The molecule has 2 aromatic rings. The number of nitrogens with zero attached hydrogens (tertiary/aromatic N) is 2. The fraction of sp³-hybridized carbons (Fsp3) is 0.409. The largest absolute Gasteiger partial charge is 0.325 e. The van der Waals surface area contributed by atoms with Crippen LogP contribution in [0.25, 0.3) is 0 Å². The number of hydrogen-bond donors (Lipinski definition) is 0. The standard InChI is InChI=1S/C22H23ClN2O3S/c23-16-8-10-17(11-9-16)25-20(26)13-19(22(25)28)24(14-18-7-4-12-29-18)21(27)15-5-2-1-3-6-15/h4,7-12,15,19H,1-3,5-6,13-14H2. The quantitative estimate of drug-likeness (QED) is 0.649. The molecule has 1 aromatic carbocycles. The number of imide groups is 1. The van der Waals surface area contributed by atoms with Gasteiger partial charge in [0, 0.05) is 15.8 Å². The third-order valence-corrected chi connectivity index (χ3v) is 6.84. The molecule has 7 heteroatoms. The minimum absolute atomic E-state index is 0.00204. The Bertz CT molecular complexity index is 891. The van der Waals surface area contributed by atoms with Gasteiger partial charge in [-0.2, -0.15) is 0 Å². The van der Waals surface area contributed by atoms with Crippen molar-refractivity contribution in [2.45, 2.75) is 51.1 Å². The molecule has 0 bridgehead atoms. The summed E-state index contributed by atoms with van der Waals surface area (Å²) in [6.45, 7) is 0.366. The van der Waals surface area contributed by atoms with Gasteiger partial charge in [-0.3, -0.25) is 14.4 Å². The lowest BCUT2D eigenvalue weighted by Gasteiger charge is -2.32. The smallest absolute Gasteiger partial charge is 0.257 e. The van der Waals surface area contributed by atoms with E-state index in [0.29, 0.717) is 17.3 Å². The second-order valence-electron chi connectivity index (χ2n) is 7.64. The van der Waals surface area contributed by atoms with E-state index in [4.69, 9.17) is 11.6 Å². The zero-order chi connectivity index (χ0) is 20.4. The monoisotopic (exact) mass is 430 g/mol. The first-order valence-electron chi connectivity index (χ1n) is 10.00. The third-order valence-electron chi connectivity index (χ3n) is 5.73. The van der Waals surface area contributed by atoms with Crippen LogP contribution < -0.4 is 4.90 Å². The van der Waals surface area contributed by atoms with Gasteiger partial charge in [-0.1, -0.05) is 36.9 Å². The molecule has 2 aliphatic rings. The van der Waals surface area contributed by atoms with Crippen LogP contribution in [0, 0.1) is 5.92 Å². The summed E-state index contributed by atoms with van der Waals surface area (Å²) < 4.78 is 0. The zero-order valence-corrected chi connectivity index (χ0v) is 17.6. The number of halogens is 1. The average molecular weight is 431 g/mol. The van der Waals surface area contributed by atoms with Gasteiger partial charge >= 0.3 is 0 Å². The van der Waals surface area contributed by atoms with Crippen LogP contribution in [0.4, 0.5) is 5.69 Å². The average Bonchev–Trinajstić information content (AvgIpc) is 3.35. The maximum atomic E-state index is 13.4. The Morgan fingerprint density at radius 1 is 1.10 bits per heavy atom. The number of amides is 3. The summed E-state index contributed by atoms with van der Waals surface area (Å²) in [6, 6.07) is 9.77. The van der Waals surface area contributed by atoms with E-state index in [0.717, 1.165) is 37.0 Å². The lowest BCUT2D eigenvalue weighted by Crippen LogP contribution is -2.47. The van der Waals surface area contributed by atoms with Crippen molar-refractivity contribution in [3.63, 3.8) is 0 Å². The van der Waals surface area contributed by atoms with Crippen LogP contribution in [0.5, 0.6) is 0 Å². The topological polar surface area (TPSA) is 57.7 Å². The minimum atomic E-state index is -0.755. The number of carbonyl (C=O) groups excluding carboxylic acids is 3. The van der Waals surface area contributed by atoms with Crippen LogP contribution in [0.2, 0.25) is 5.02 Å². The first-order chi connectivity index (χ1) is 14.0. The number of carbonyl (C=O) groups is 3. The van der Waals surface area contributed by atoms with Crippen molar-refractivity contribution in [2.24, 2.45) is 5.92 Å². The maximum Gasteiger partial charge on any atom is 0.257 e. The highest BCUT2D eigenvalue weighted by Crippen LogP contribution is 2.32. The minimum Gasteiger partial charge on any atom is -0.325 e. The van der Waals surface area contributed by atoms with Crippen LogP contribution in [0.3, 0.4) is 0 Å². The summed E-state index contributed by atoms with van der Waals surface area (Å²) in [5, 5.41) is 2.50. The van der Waals surface area contributed by atoms with Gasteiger partial charge in [-0.25, -0.2) is 4.90 Å². The van der Waals surface area contributed by atoms with E-state index in [1.165, 1.54) is 4.90 Å². The first kappa shape index (κ1) is 20.1. The third kappa shape index (κ3) is 4.23. The SMILES string of the molecule is O=C1CC(N(Cc2cccs2)C(=O)C2CCCCC2)C(=O)N1c1ccc(Cl)cc1. The van der Waals surface area contributed by atoms with Crippen LogP contribution >= 0.6 is 22.9 Å². The fourth-order valence-corrected chi connectivity index (χ4v) is 5.05. The van der Waals surface area contributed by atoms with Crippen LogP contribution in [0.1, 0.15) is 43.4 Å². The Kier molecular flexibility index (Phi) is 6.01. The summed E-state index contributed by atoms with van der Waals surface area (Å²) in [5.74, 6) is -0.675. The molecule has 2 fully saturated rings. The van der Waals surface area contributed by atoms with E-state index in [2.05, 4.69) is 0 Å². The van der Waals surface area contributed by atoms with E-state index in [1.54, 1.807) is 40.5 Å². The van der Waals surface area contributed by atoms with E-state index in [1.807, 2.05) is 17.5 Å². The van der Waals surface area contributed by atoms with Crippen molar-refractivity contribution in [2.75, 3.05) is 4.90 Å². The molecule has 1 saturated heterocycles. The summed E-state index contributed by atoms with van der Waals surface area (Å²) in [4.78, 5) is 43.2. The zero-order valence-electron chi connectivity index (χ0n) is 16.1. The van der Waals surface area contributed by atoms with Crippen molar-refractivity contribution in [1.29, 1.82) is 0 Å². The normalized spacial score (nSPS) is 20.3. The molecule has 29 heavy (non-hydrogen) atoms. The molecule has 5 nitrogen and oxygen atoms in total. The highest BCUT2D eigenvalue weighted by atomic mass is 35.5. The van der Waals surface area contributed by atoms with Gasteiger partial charge < -0.3 is 4.90 Å². The number of thiophene rings is 1. The molecule has 0 radical (unpaired) electrons. The molecule has 1 aromatic heterocycles. The lowest BCUT2D eigenvalue weighted by atomic mass is 9.88. The highest BCUT2D eigenvalue weighted by Gasteiger charge is 2.45. The number of anilines is 1. The van der Waals surface area contributed by atoms with Gasteiger partial charge in [0.05, 0.1) is 18.7 Å². The van der Waals surface area contributed by atoms with Gasteiger partial charge in [-0.15, -0.1) is 11.3 Å². The Morgan fingerprint density at radius 3 is 2.48 bits per heavy atom. The van der Waals surface area contributed by atoms with E-state index >= 15 is 0 Å². The van der Waals surface area contributed by atoms with Crippen molar-refractivity contribution >= 4 is 46.3 Å². The van der Waals surface area contributed by atoms with Crippen molar-refractivity contribution < 1.29 is 14.4 Å². The van der Waals surface area contributed by atoms with Gasteiger partial charge in [0.25, 0.3) is 5.91 Å². The summed E-state index contributed by atoms with van der Waals surface area (Å²) in [7, 11) is 0. The van der Waals surface area contributed by atoms with Crippen molar-refractivity contribution in [3.8, 4) is 0 Å². The Hall–Kier alpha value is -2.18. The molecule has 1 aliphatic carbocycles. The van der Waals surface area contributed by atoms with Crippen LogP contribution in [-0.2, 0) is 20.9 Å². The summed E-state index contributed by atoms with van der Waals surface area (Å²) in [5.41, 5.74) is 0.494. The highest BCUT2D eigenvalue weighted by molar-refractivity contribution is 7.09. The van der Waals surface area contributed by atoms with Gasteiger partial charge in [0.2, 0.25) is 11.8 Å².